The van der Waals surface area contributed by atoms with E-state index in [9.17, 15) is 4.79 Å². The molecule has 1 fully saturated rings. The summed E-state index contributed by atoms with van der Waals surface area (Å²) in [5.74, 6) is 0.366. The van der Waals surface area contributed by atoms with Crippen molar-refractivity contribution in [2.45, 2.75) is 46.3 Å². The molecule has 1 N–H and O–H groups in total. The number of hydrogen-bond donors (Lipinski definition) is 1. The second-order valence-electron chi connectivity index (χ2n) is 6.32. The third-order valence-corrected chi connectivity index (χ3v) is 3.85. The summed E-state index contributed by atoms with van der Waals surface area (Å²) in [6.45, 7) is 11.4. The number of morpholine rings is 1. The normalized spacial score (nSPS) is 17.3. The highest BCUT2D eigenvalue weighted by molar-refractivity contribution is 5.82. The fraction of sp³-hybridized carbons (Fsp3) is 0.800. The van der Waals surface area contributed by atoms with Crippen LogP contribution >= 0.6 is 0 Å². The minimum absolute atomic E-state index is 0.148. The average molecular weight is 309 g/mol. The molecule has 0 spiro atoms. The number of nitrogens with one attached hydrogen (secondary N) is 1. The monoisotopic (exact) mass is 309 g/mol. The molecular formula is C15H27N5O2. The van der Waals surface area contributed by atoms with Crippen molar-refractivity contribution < 1.29 is 9.53 Å². The fourth-order valence-corrected chi connectivity index (χ4v) is 2.45. The number of nitrogens with zero attached hydrogens (tertiary/aromatic N) is 4. The maximum absolute atomic E-state index is 12.6. The highest BCUT2D eigenvalue weighted by atomic mass is 16.5. The van der Waals surface area contributed by atoms with Gasteiger partial charge in [-0.05, 0) is 19.8 Å². The van der Waals surface area contributed by atoms with Gasteiger partial charge in [0.05, 0.1) is 31.1 Å². The molecule has 1 aromatic heterocycles. The molecule has 1 saturated heterocycles. The zero-order valence-corrected chi connectivity index (χ0v) is 14.0. The molecule has 7 nitrogen and oxygen atoms in total. The average Bonchev–Trinajstić information content (AvgIpc) is 2.97. The van der Waals surface area contributed by atoms with Crippen LogP contribution in [-0.2, 0) is 16.1 Å². The first-order valence-electron chi connectivity index (χ1n) is 7.99. The molecular weight excluding hydrogens is 282 g/mol. The van der Waals surface area contributed by atoms with Crippen LogP contribution in [0.15, 0.2) is 6.20 Å². The van der Waals surface area contributed by atoms with Crippen molar-refractivity contribution in [1.82, 2.24) is 25.2 Å². The van der Waals surface area contributed by atoms with Crippen LogP contribution in [0.5, 0.6) is 0 Å². The maximum atomic E-state index is 12.6. The number of carbonyl (C=O) groups is 1. The van der Waals surface area contributed by atoms with E-state index >= 15 is 0 Å². The van der Waals surface area contributed by atoms with E-state index in [0.717, 1.165) is 5.69 Å². The molecule has 1 aromatic rings. The van der Waals surface area contributed by atoms with E-state index in [-0.39, 0.29) is 23.9 Å². The van der Waals surface area contributed by atoms with Gasteiger partial charge in [0.1, 0.15) is 0 Å². The van der Waals surface area contributed by atoms with Crippen molar-refractivity contribution in [2.24, 2.45) is 5.92 Å². The zero-order valence-electron chi connectivity index (χ0n) is 14.0. The second kappa shape index (κ2) is 7.69. The highest BCUT2D eigenvalue weighted by Crippen LogP contribution is 2.10. The number of ether oxygens (including phenoxy) is 1. The van der Waals surface area contributed by atoms with E-state index in [4.69, 9.17) is 4.74 Å². The molecule has 0 aliphatic carbocycles. The van der Waals surface area contributed by atoms with Gasteiger partial charge >= 0.3 is 0 Å². The maximum Gasteiger partial charge on any atom is 0.240 e. The van der Waals surface area contributed by atoms with Gasteiger partial charge < -0.3 is 9.64 Å². The Balaban J connectivity index is 1.94. The Labute approximate surface area is 132 Å². The first-order chi connectivity index (χ1) is 10.5. The molecule has 1 aliphatic rings. The number of rotatable bonds is 6. The molecule has 2 heterocycles. The van der Waals surface area contributed by atoms with Gasteiger partial charge in [0.2, 0.25) is 5.91 Å². The van der Waals surface area contributed by atoms with Crippen LogP contribution < -0.4 is 5.32 Å². The first-order valence-corrected chi connectivity index (χ1v) is 7.99. The Hall–Kier alpha value is -1.47. The predicted octanol–water partition coefficient (Wildman–Crippen LogP) is 0.832. The van der Waals surface area contributed by atoms with Crippen molar-refractivity contribution in [3.05, 3.63) is 11.9 Å². The van der Waals surface area contributed by atoms with Crippen molar-refractivity contribution in [3.8, 4) is 0 Å². The summed E-state index contributed by atoms with van der Waals surface area (Å²) >= 11 is 0. The molecule has 0 radical (unpaired) electrons. The standard InChI is InChI=1S/C15H27N5O2/c1-11(2)14(15(21)19-5-7-22-8-6-19)16-9-13-10-20(12(3)4)18-17-13/h10-12,14,16H,5-9H2,1-4H3/t14-/m1/s1. The summed E-state index contributed by atoms with van der Waals surface area (Å²) in [7, 11) is 0. The molecule has 1 aliphatic heterocycles. The number of amides is 1. The third kappa shape index (κ3) is 4.27. The molecule has 7 heteroatoms. The quantitative estimate of drug-likeness (QED) is 0.843. The van der Waals surface area contributed by atoms with E-state index < -0.39 is 0 Å². The minimum Gasteiger partial charge on any atom is -0.378 e. The van der Waals surface area contributed by atoms with Gasteiger partial charge in [-0.3, -0.25) is 10.1 Å². The lowest BCUT2D eigenvalue weighted by Gasteiger charge is -2.32. The Morgan fingerprint density at radius 3 is 2.55 bits per heavy atom. The molecule has 1 atom stereocenters. The van der Waals surface area contributed by atoms with Crippen LogP contribution in [0.3, 0.4) is 0 Å². The second-order valence-corrected chi connectivity index (χ2v) is 6.32. The van der Waals surface area contributed by atoms with E-state index in [0.29, 0.717) is 32.8 Å². The molecule has 2 rings (SSSR count). The van der Waals surface area contributed by atoms with Gasteiger partial charge in [-0.15, -0.1) is 5.10 Å². The van der Waals surface area contributed by atoms with E-state index in [2.05, 4.69) is 43.3 Å². The Morgan fingerprint density at radius 2 is 2.00 bits per heavy atom. The summed E-state index contributed by atoms with van der Waals surface area (Å²) in [5, 5.41) is 11.6. The lowest BCUT2D eigenvalue weighted by molar-refractivity contribution is -0.138. The van der Waals surface area contributed by atoms with Crippen LogP contribution in [0.1, 0.15) is 39.4 Å². The van der Waals surface area contributed by atoms with Crippen LogP contribution in [0.2, 0.25) is 0 Å². The Morgan fingerprint density at radius 1 is 1.32 bits per heavy atom. The van der Waals surface area contributed by atoms with Gasteiger partial charge in [-0.2, -0.15) is 0 Å². The Bertz CT molecular complexity index is 480. The smallest absolute Gasteiger partial charge is 0.240 e. The van der Waals surface area contributed by atoms with Crippen molar-refractivity contribution in [2.75, 3.05) is 26.3 Å². The van der Waals surface area contributed by atoms with Gasteiger partial charge in [0.15, 0.2) is 0 Å². The van der Waals surface area contributed by atoms with Gasteiger partial charge in [0.25, 0.3) is 0 Å². The van der Waals surface area contributed by atoms with Gasteiger partial charge in [0, 0.05) is 25.7 Å². The summed E-state index contributed by atoms with van der Waals surface area (Å²) < 4.78 is 7.13. The molecule has 124 valence electrons. The summed E-state index contributed by atoms with van der Waals surface area (Å²) in [5.41, 5.74) is 0.856. The minimum atomic E-state index is -0.206. The van der Waals surface area contributed by atoms with Crippen LogP contribution in [0.4, 0.5) is 0 Å². The molecule has 0 saturated carbocycles. The summed E-state index contributed by atoms with van der Waals surface area (Å²) in [6, 6.07) is 0.0828. The van der Waals surface area contributed by atoms with Crippen molar-refractivity contribution in [1.29, 1.82) is 0 Å². The lowest BCUT2D eigenvalue weighted by atomic mass is 10.0. The van der Waals surface area contributed by atoms with E-state index in [1.54, 1.807) is 0 Å². The highest BCUT2D eigenvalue weighted by Gasteiger charge is 2.28. The predicted molar refractivity (Wildman–Crippen MR) is 83.3 cm³/mol. The largest absolute Gasteiger partial charge is 0.378 e. The van der Waals surface area contributed by atoms with Crippen molar-refractivity contribution in [3.63, 3.8) is 0 Å². The van der Waals surface area contributed by atoms with E-state index in [1.165, 1.54) is 0 Å². The molecule has 22 heavy (non-hydrogen) atoms. The number of carbonyl (C=O) groups excluding carboxylic acids is 1. The molecule has 0 unspecified atom stereocenters. The number of hydrogen-bond acceptors (Lipinski definition) is 5. The van der Waals surface area contributed by atoms with Gasteiger partial charge in [-0.25, -0.2) is 4.68 Å². The molecule has 1 amide bonds. The van der Waals surface area contributed by atoms with Crippen molar-refractivity contribution >= 4 is 5.91 Å². The SMILES string of the molecule is CC(C)[C@@H](NCc1cn(C(C)C)nn1)C(=O)N1CCOCC1. The Kier molecular flexibility index (Phi) is 5.90. The lowest BCUT2D eigenvalue weighted by Crippen LogP contribution is -2.52. The summed E-state index contributed by atoms with van der Waals surface area (Å²) in [4.78, 5) is 14.5. The van der Waals surface area contributed by atoms with Crippen LogP contribution in [0.25, 0.3) is 0 Å². The van der Waals surface area contributed by atoms with Crippen LogP contribution in [0, 0.1) is 5.92 Å². The number of aromatic nitrogens is 3. The van der Waals surface area contributed by atoms with E-state index in [1.807, 2.05) is 15.8 Å². The topological polar surface area (TPSA) is 72.3 Å². The zero-order chi connectivity index (χ0) is 16.1. The first kappa shape index (κ1) is 16.9. The van der Waals surface area contributed by atoms with Crippen LogP contribution in [-0.4, -0.2) is 58.1 Å². The van der Waals surface area contributed by atoms with Gasteiger partial charge in [-0.1, -0.05) is 19.1 Å². The summed E-state index contributed by atoms with van der Waals surface area (Å²) in [6.07, 6.45) is 1.92. The molecule has 0 bridgehead atoms. The molecule has 0 aromatic carbocycles. The third-order valence-electron chi connectivity index (χ3n) is 3.85. The fourth-order valence-electron chi connectivity index (χ4n) is 2.45.